The maximum Gasteiger partial charge on any atom is 0.0444 e. The zero-order chi connectivity index (χ0) is 8.29. The zero-order valence-electron chi connectivity index (χ0n) is 6.48. The van der Waals surface area contributed by atoms with Crippen LogP contribution in [0.2, 0.25) is 5.02 Å². The molecule has 0 spiro atoms. The third-order valence-corrected chi connectivity index (χ3v) is 4.08. The highest BCUT2D eigenvalue weighted by Gasteiger charge is 2.46. The van der Waals surface area contributed by atoms with Crippen LogP contribution in [0.4, 0.5) is 0 Å². The minimum Gasteiger partial charge on any atom is -0.0840 e. The van der Waals surface area contributed by atoms with Gasteiger partial charge in [-0.15, -0.1) is 0 Å². The van der Waals surface area contributed by atoms with Crippen LogP contribution >= 0.6 is 27.5 Å². The van der Waals surface area contributed by atoms with E-state index in [1.807, 2.05) is 6.07 Å². The van der Waals surface area contributed by atoms with Crippen LogP contribution in [0.15, 0.2) is 16.6 Å². The highest BCUT2D eigenvalue weighted by molar-refractivity contribution is 9.10. The monoisotopic (exact) mass is 242 g/mol. The van der Waals surface area contributed by atoms with Gasteiger partial charge in [0.15, 0.2) is 0 Å². The summed E-state index contributed by atoms with van der Waals surface area (Å²) >= 11 is 9.71. The quantitative estimate of drug-likeness (QED) is 0.651. The van der Waals surface area contributed by atoms with E-state index in [-0.39, 0.29) is 0 Å². The van der Waals surface area contributed by atoms with Crippen molar-refractivity contribution in [1.82, 2.24) is 0 Å². The molecule has 1 saturated carbocycles. The van der Waals surface area contributed by atoms with Gasteiger partial charge >= 0.3 is 0 Å². The Hall–Kier alpha value is -0.0100. The molecule has 12 heavy (non-hydrogen) atoms. The Kier molecular flexibility index (Phi) is 1.40. The summed E-state index contributed by atoms with van der Waals surface area (Å²) in [6.07, 6.45) is 2.60. The van der Waals surface area contributed by atoms with E-state index in [1.165, 1.54) is 28.4 Å². The Morgan fingerprint density at radius 2 is 2.25 bits per heavy atom. The summed E-state index contributed by atoms with van der Waals surface area (Å²) in [5.74, 6) is 1.71. The molecule has 2 heteroatoms. The number of rotatable bonds is 0. The van der Waals surface area contributed by atoms with Gasteiger partial charge in [0.2, 0.25) is 0 Å². The van der Waals surface area contributed by atoms with Crippen LogP contribution in [-0.2, 0) is 6.42 Å². The van der Waals surface area contributed by atoms with Gasteiger partial charge in [-0.25, -0.2) is 0 Å². The molecule has 1 aromatic carbocycles. The van der Waals surface area contributed by atoms with Crippen LogP contribution in [0.1, 0.15) is 23.5 Å². The minimum absolute atomic E-state index is 0.796. The van der Waals surface area contributed by atoms with Crippen molar-refractivity contribution in [2.75, 3.05) is 0 Å². The van der Waals surface area contributed by atoms with Crippen molar-refractivity contribution in [2.24, 2.45) is 5.92 Å². The molecule has 0 saturated heterocycles. The second kappa shape index (κ2) is 2.27. The van der Waals surface area contributed by atoms with Crippen LogP contribution < -0.4 is 0 Å². The van der Waals surface area contributed by atoms with Crippen LogP contribution in [0.3, 0.4) is 0 Å². The van der Waals surface area contributed by atoms with Gasteiger partial charge in [-0.05, 0) is 47.9 Å². The van der Waals surface area contributed by atoms with Crippen molar-refractivity contribution in [3.8, 4) is 0 Å². The second-order valence-electron chi connectivity index (χ2n) is 3.73. The standard InChI is InChI=1S/C10H8BrCl/c11-8-1-2-9(12)10-6-3-5(6)4-7(8)10/h1-2,5-6H,3-4H2. The van der Waals surface area contributed by atoms with Crippen molar-refractivity contribution < 1.29 is 0 Å². The molecule has 2 aliphatic rings. The van der Waals surface area contributed by atoms with Gasteiger partial charge in [0.05, 0.1) is 0 Å². The SMILES string of the molecule is Clc1ccc(Br)c2c1C1CC1C2. The van der Waals surface area contributed by atoms with Gasteiger partial charge in [-0.1, -0.05) is 27.5 Å². The van der Waals surface area contributed by atoms with Crippen molar-refractivity contribution in [2.45, 2.75) is 18.8 Å². The lowest BCUT2D eigenvalue weighted by atomic mass is 10.1. The molecular weight excluding hydrogens is 235 g/mol. The molecule has 2 unspecified atom stereocenters. The molecule has 0 radical (unpaired) electrons. The largest absolute Gasteiger partial charge is 0.0840 e. The summed E-state index contributed by atoms with van der Waals surface area (Å²) in [6.45, 7) is 0. The molecule has 0 aliphatic heterocycles. The molecule has 0 amide bonds. The van der Waals surface area contributed by atoms with Gasteiger partial charge in [-0.3, -0.25) is 0 Å². The molecule has 3 rings (SSSR count). The maximum atomic E-state index is 6.14. The van der Waals surface area contributed by atoms with Crippen LogP contribution in [0, 0.1) is 5.92 Å². The zero-order valence-corrected chi connectivity index (χ0v) is 8.82. The summed E-state index contributed by atoms with van der Waals surface area (Å²) in [7, 11) is 0. The number of hydrogen-bond donors (Lipinski definition) is 0. The first-order chi connectivity index (χ1) is 5.77. The first-order valence-electron chi connectivity index (χ1n) is 4.24. The van der Waals surface area contributed by atoms with E-state index >= 15 is 0 Å². The average molecular weight is 244 g/mol. The summed E-state index contributed by atoms with van der Waals surface area (Å²) in [5, 5.41) is 0.971. The first-order valence-corrected chi connectivity index (χ1v) is 5.41. The Morgan fingerprint density at radius 1 is 1.42 bits per heavy atom. The molecule has 1 fully saturated rings. The summed E-state index contributed by atoms with van der Waals surface area (Å²) in [6, 6.07) is 4.07. The van der Waals surface area contributed by atoms with Gasteiger partial charge in [0.25, 0.3) is 0 Å². The fraction of sp³-hybridized carbons (Fsp3) is 0.400. The van der Waals surface area contributed by atoms with Crippen LogP contribution in [0.5, 0.6) is 0 Å². The molecule has 1 aromatic rings. The highest BCUT2D eigenvalue weighted by Crippen LogP contribution is 2.59. The van der Waals surface area contributed by atoms with E-state index in [9.17, 15) is 0 Å². The fourth-order valence-electron chi connectivity index (χ4n) is 2.31. The molecule has 62 valence electrons. The Bertz CT molecular complexity index is 359. The fourth-order valence-corrected chi connectivity index (χ4v) is 3.13. The van der Waals surface area contributed by atoms with E-state index in [0.717, 1.165) is 16.9 Å². The minimum atomic E-state index is 0.796. The topological polar surface area (TPSA) is 0 Å². The number of fused-ring (bicyclic) bond motifs is 3. The van der Waals surface area contributed by atoms with E-state index < -0.39 is 0 Å². The van der Waals surface area contributed by atoms with Gasteiger partial charge in [0.1, 0.15) is 0 Å². The molecule has 0 N–H and O–H groups in total. The van der Waals surface area contributed by atoms with E-state index in [2.05, 4.69) is 22.0 Å². The molecule has 0 nitrogen and oxygen atoms in total. The summed E-state index contributed by atoms with van der Waals surface area (Å²) in [4.78, 5) is 0. The lowest BCUT2D eigenvalue weighted by molar-refractivity contribution is 0.854. The van der Waals surface area contributed by atoms with Crippen molar-refractivity contribution in [1.29, 1.82) is 0 Å². The van der Waals surface area contributed by atoms with Crippen LogP contribution in [0.25, 0.3) is 0 Å². The lowest BCUT2D eigenvalue weighted by Gasteiger charge is -2.06. The summed E-state index contributed by atoms with van der Waals surface area (Å²) in [5.41, 5.74) is 2.89. The first kappa shape index (κ1) is 7.40. The Morgan fingerprint density at radius 3 is 3.00 bits per heavy atom. The van der Waals surface area contributed by atoms with Crippen LogP contribution in [-0.4, -0.2) is 0 Å². The van der Waals surface area contributed by atoms with E-state index in [4.69, 9.17) is 11.6 Å². The molecule has 0 aromatic heterocycles. The summed E-state index contributed by atoms with van der Waals surface area (Å²) < 4.78 is 1.24. The lowest BCUT2D eigenvalue weighted by Crippen LogP contribution is -1.88. The molecule has 0 bridgehead atoms. The number of halogens is 2. The van der Waals surface area contributed by atoms with Crippen molar-refractivity contribution in [3.63, 3.8) is 0 Å². The smallest absolute Gasteiger partial charge is 0.0444 e. The second-order valence-corrected chi connectivity index (χ2v) is 4.99. The molecule has 2 aliphatic carbocycles. The highest BCUT2D eigenvalue weighted by atomic mass is 79.9. The molecular formula is C10H8BrCl. The van der Waals surface area contributed by atoms with E-state index in [0.29, 0.717) is 0 Å². The molecule has 2 atom stereocenters. The third kappa shape index (κ3) is 0.841. The normalized spacial score (nSPS) is 29.8. The number of hydrogen-bond acceptors (Lipinski definition) is 0. The predicted molar refractivity (Wildman–Crippen MR) is 53.7 cm³/mol. The maximum absolute atomic E-state index is 6.14. The van der Waals surface area contributed by atoms with Gasteiger partial charge < -0.3 is 0 Å². The molecule has 0 heterocycles. The van der Waals surface area contributed by atoms with Crippen molar-refractivity contribution >= 4 is 27.5 Å². The number of benzene rings is 1. The Balaban J connectivity index is 2.28. The Labute approximate surface area is 85.1 Å². The predicted octanol–water partition coefficient (Wildman–Crippen LogP) is 3.76. The third-order valence-electron chi connectivity index (χ3n) is 3.01. The average Bonchev–Trinajstić information content (AvgIpc) is 2.71. The van der Waals surface area contributed by atoms with Gasteiger partial charge in [0, 0.05) is 9.50 Å². The van der Waals surface area contributed by atoms with E-state index in [1.54, 1.807) is 0 Å². The van der Waals surface area contributed by atoms with Gasteiger partial charge in [-0.2, -0.15) is 0 Å². The van der Waals surface area contributed by atoms with Crippen molar-refractivity contribution in [3.05, 3.63) is 32.8 Å².